The van der Waals surface area contributed by atoms with Gasteiger partial charge in [0.25, 0.3) is 0 Å². The van der Waals surface area contributed by atoms with Crippen molar-refractivity contribution in [3.63, 3.8) is 0 Å². The van der Waals surface area contributed by atoms with Crippen LogP contribution in [0.1, 0.15) is 65.6 Å². The summed E-state index contributed by atoms with van der Waals surface area (Å²) >= 11 is 0. The molecule has 0 spiro atoms. The lowest BCUT2D eigenvalue weighted by atomic mass is 10.1. The van der Waals surface area contributed by atoms with Crippen LogP contribution in [0.3, 0.4) is 0 Å². The van der Waals surface area contributed by atoms with Gasteiger partial charge in [0.15, 0.2) is 17.5 Å². The topological polar surface area (TPSA) is 104 Å². The SMILES string of the molecule is CC1=NC(c2nc(NCC(C)C)nc(NCC(C)C)n2)=CN(CCCCc2nc(-c3ccccc3)c(-c3ccccc3)o2)CC1. The number of nitrogens with one attached hydrogen (secondary N) is 2. The minimum atomic E-state index is 0.469. The predicted molar refractivity (Wildman–Crippen MR) is 184 cm³/mol. The second-order valence-electron chi connectivity index (χ2n) is 12.5. The van der Waals surface area contributed by atoms with E-state index in [1.54, 1.807) is 0 Å². The highest BCUT2D eigenvalue weighted by Crippen LogP contribution is 2.33. The standard InChI is InChI=1S/C36H46N8O/c1-25(2)22-37-35-41-34(42-36(43-35)38-23-26(3)4)30-24-44(21-19-27(5)39-30)20-13-12-18-31-40-32(28-14-8-6-9-15-28)33(45-31)29-16-10-7-11-17-29/h6-11,14-17,24-26H,12-13,18-23H2,1-5H3,(H2,37,38,41,42,43). The van der Waals surface area contributed by atoms with Gasteiger partial charge < -0.3 is 20.0 Å². The number of hydrogen-bond donors (Lipinski definition) is 2. The van der Waals surface area contributed by atoms with Crippen LogP contribution in [0.5, 0.6) is 0 Å². The maximum absolute atomic E-state index is 6.36. The van der Waals surface area contributed by atoms with E-state index in [0.29, 0.717) is 29.6 Å². The van der Waals surface area contributed by atoms with Gasteiger partial charge in [-0.25, -0.2) is 4.98 Å². The highest BCUT2D eigenvalue weighted by Gasteiger charge is 2.18. The van der Waals surface area contributed by atoms with Crippen molar-refractivity contribution < 1.29 is 4.42 Å². The molecule has 0 amide bonds. The van der Waals surface area contributed by atoms with Gasteiger partial charge in [-0.3, -0.25) is 4.99 Å². The summed E-state index contributed by atoms with van der Waals surface area (Å²) in [5.74, 6) is 4.25. The van der Waals surface area contributed by atoms with Crippen molar-refractivity contribution in [3.8, 4) is 22.6 Å². The van der Waals surface area contributed by atoms with E-state index in [-0.39, 0.29) is 0 Å². The molecule has 0 fully saturated rings. The number of benzene rings is 2. The number of hydrogen-bond acceptors (Lipinski definition) is 9. The van der Waals surface area contributed by atoms with Crippen molar-refractivity contribution in [1.82, 2.24) is 24.8 Å². The molecule has 9 heteroatoms. The Labute approximate surface area is 267 Å². The first-order valence-electron chi connectivity index (χ1n) is 16.2. The van der Waals surface area contributed by atoms with E-state index in [1.165, 1.54) is 0 Å². The molecule has 2 aromatic heterocycles. The first-order valence-corrected chi connectivity index (χ1v) is 16.2. The molecule has 0 atom stereocenters. The van der Waals surface area contributed by atoms with Gasteiger partial charge in [-0.05, 0) is 31.6 Å². The van der Waals surface area contributed by atoms with Crippen molar-refractivity contribution in [2.45, 2.75) is 60.3 Å². The van der Waals surface area contributed by atoms with Crippen molar-refractivity contribution in [2.24, 2.45) is 16.8 Å². The van der Waals surface area contributed by atoms with Gasteiger partial charge in [-0.1, -0.05) is 88.4 Å². The highest BCUT2D eigenvalue weighted by atomic mass is 16.4. The molecule has 9 nitrogen and oxygen atoms in total. The van der Waals surface area contributed by atoms with Crippen LogP contribution in [0.4, 0.5) is 11.9 Å². The Morgan fingerprint density at radius 3 is 2.02 bits per heavy atom. The van der Waals surface area contributed by atoms with Crippen molar-refractivity contribution in [2.75, 3.05) is 36.8 Å². The number of aliphatic imine (C=N–C) groups is 1. The number of nitrogens with zero attached hydrogens (tertiary/aromatic N) is 6. The summed E-state index contributed by atoms with van der Waals surface area (Å²) in [5.41, 5.74) is 4.83. The number of aryl methyl sites for hydroxylation is 1. The molecule has 236 valence electrons. The average Bonchev–Trinajstić information content (AvgIpc) is 3.38. The number of aromatic nitrogens is 4. The summed E-state index contributed by atoms with van der Waals surface area (Å²) in [7, 11) is 0. The van der Waals surface area contributed by atoms with E-state index in [2.05, 4.69) is 85.6 Å². The van der Waals surface area contributed by atoms with Crippen LogP contribution >= 0.6 is 0 Å². The Balaban J connectivity index is 1.28. The zero-order valence-electron chi connectivity index (χ0n) is 27.3. The molecule has 1 aliphatic heterocycles. The quantitative estimate of drug-likeness (QED) is 0.140. The number of oxazole rings is 1. The van der Waals surface area contributed by atoms with Crippen LogP contribution in [-0.4, -0.2) is 56.7 Å². The summed E-state index contributed by atoms with van der Waals surface area (Å²) in [6.45, 7) is 14.1. The van der Waals surface area contributed by atoms with Crippen molar-refractivity contribution >= 4 is 23.3 Å². The fourth-order valence-electron chi connectivity index (χ4n) is 5.00. The van der Waals surface area contributed by atoms with E-state index in [9.17, 15) is 0 Å². The summed E-state index contributed by atoms with van der Waals surface area (Å²) in [5, 5.41) is 6.73. The lowest BCUT2D eigenvalue weighted by molar-refractivity contribution is 0.372. The Morgan fingerprint density at radius 1 is 0.778 bits per heavy atom. The minimum Gasteiger partial charge on any atom is -0.440 e. The third-order valence-corrected chi connectivity index (χ3v) is 7.42. The third kappa shape index (κ3) is 9.23. The van der Waals surface area contributed by atoms with E-state index < -0.39 is 0 Å². The van der Waals surface area contributed by atoms with Crippen LogP contribution in [0, 0.1) is 11.8 Å². The zero-order chi connectivity index (χ0) is 31.6. The molecule has 45 heavy (non-hydrogen) atoms. The number of anilines is 2. The fourth-order valence-corrected chi connectivity index (χ4v) is 5.00. The molecule has 4 aromatic rings. The van der Waals surface area contributed by atoms with Gasteiger partial charge in [0, 0.05) is 62.1 Å². The largest absolute Gasteiger partial charge is 0.440 e. The zero-order valence-corrected chi connectivity index (χ0v) is 27.3. The second kappa shape index (κ2) is 15.5. The van der Waals surface area contributed by atoms with Crippen LogP contribution in [-0.2, 0) is 6.42 Å². The lowest BCUT2D eigenvalue weighted by Crippen LogP contribution is -2.21. The first kappa shape index (κ1) is 31.9. The van der Waals surface area contributed by atoms with E-state index in [4.69, 9.17) is 24.4 Å². The third-order valence-electron chi connectivity index (χ3n) is 7.42. The summed E-state index contributed by atoms with van der Waals surface area (Å²) in [6.07, 6.45) is 5.72. The number of rotatable bonds is 14. The Hall–Kier alpha value is -4.53. The van der Waals surface area contributed by atoms with Gasteiger partial charge in [-0.15, -0.1) is 0 Å². The van der Waals surface area contributed by atoms with Gasteiger partial charge in [0.05, 0.1) is 0 Å². The molecule has 5 rings (SSSR count). The van der Waals surface area contributed by atoms with E-state index >= 15 is 0 Å². The van der Waals surface area contributed by atoms with Crippen LogP contribution in [0.2, 0.25) is 0 Å². The minimum absolute atomic E-state index is 0.469. The monoisotopic (exact) mass is 606 g/mol. The molecule has 0 unspecified atom stereocenters. The van der Waals surface area contributed by atoms with E-state index in [1.807, 2.05) is 36.4 Å². The van der Waals surface area contributed by atoms with E-state index in [0.717, 1.165) is 91.7 Å². The summed E-state index contributed by atoms with van der Waals surface area (Å²) < 4.78 is 6.36. The van der Waals surface area contributed by atoms with Crippen LogP contribution in [0.25, 0.3) is 28.3 Å². The smallest absolute Gasteiger partial charge is 0.228 e. The molecular formula is C36H46N8O. The number of unbranched alkanes of at least 4 members (excludes halogenated alkanes) is 1. The highest BCUT2D eigenvalue weighted by molar-refractivity contribution is 5.88. The van der Waals surface area contributed by atoms with Gasteiger partial charge in [0.2, 0.25) is 11.9 Å². The maximum atomic E-state index is 6.36. The predicted octanol–water partition coefficient (Wildman–Crippen LogP) is 7.82. The molecule has 1 aliphatic rings. The normalized spacial score (nSPS) is 13.5. The average molecular weight is 607 g/mol. The molecule has 2 N–H and O–H groups in total. The fraction of sp³-hybridized carbons (Fsp3) is 0.417. The lowest BCUT2D eigenvalue weighted by Gasteiger charge is -2.19. The van der Waals surface area contributed by atoms with Crippen LogP contribution in [0.15, 0.2) is 76.3 Å². The molecule has 0 saturated carbocycles. The molecule has 0 bridgehead atoms. The molecule has 2 aromatic carbocycles. The molecule has 0 radical (unpaired) electrons. The second-order valence-corrected chi connectivity index (χ2v) is 12.5. The van der Waals surface area contributed by atoms with Crippen LogP contribution < -0.4 is 10.6 Å². The van der Waals surface area contributed by atoms with Gasteiger partial charge in [-0.2, -0.15) is 15.0 Å². The summed E-state index contributed by atoms with van der Waals surface area (Å²) in [4.78, 5) is 26.3. The first-order chi connectivity index (χ1) is 21.8. The molecular weight excluding hydrogens is 560 g/mol. The maximum Gasteiger partial charge on any atom is 0.228 e. The summed E-state index contributed by atoms with van der Waals surface area (Å²) in [6, 6.07) is 20.5. The van der Waals surface area contributed by atoms with Gasteiger partial charge in [0.1, 0.15) is 11.4 Å². The Kier molecular flexibility index (Phi) is 11.0. The molecule has 3 heterocycles. The molecule has 0 aliphatic carbocycles. The Morgan fingerprint density at radius 2 is 1.40 bits per heavy atom. The Bertz CT molecular complexity index is 1490. The van der Waals surface area contributed by atoms with Crippen molar-refractivity contribution in [1.29, 1.82) is 0 Å². The van der Waals surface area contributed by atoms with Gasteiger partial charge >= 0.3 is 0 Å². The van der Waals surface area contributed by atoms with Crippen molar-refractivity contribution in [3.05, 3.63) is 78.6 Å². The molecule has 0 saturated heterocycles.